The van der Waals surface area contributed by atoms with Crippen LogP contribution in [0.15, 0.2) is 12.7 Å². The first kappa shape index (κ1) is 16.5. The van der Waals surface area contributed by atoms with E-state index in [4.69, 9.17) is 0 Å². The van der Waals surface area contributed by atoms with Crippen molar-refractivity contribution in [3.05, 3.63) is 12.7 Å². The van der Waals surface area contributed by atoms with E-state index in [2.05, 4.69) is 56.3 Å². The van der Waals surface area contributed by atoms with E-state index >= 15 is 0 Å². The number of unbranched alkanes of at least 4 members (excludes halogenated alkanes) is 3. The Bertz CT molecular complexity index is 233. The van der Waals surface area contributed by atoms with Crippen molar-refractivity contribution < 1.29 is 0 Å². The third-order valence-electron chi connectivity index (χ3n) is 3.82. The van der Waals surface area contributed by atoms with Crippen LogP contribution in [-0.4, -0.2) is 34.6 Å². The summed E-state index contributed by atoms with van der Waals surface area (Å²) in [6, 6.07) is 0.696. The molecule has 1 saturated heterocycles. The molecule has 1 N–H and O–H groups in total. The number of hydrogen-bond donors (Lipinski definition) is 1. The zero-order valence-electron chi connectivity index (χ0n) is 12.2. The molecule has 0 radical (unpaired) electrons. The molecular weight excluding hydrogens is 258 g/mol. The minimum absolute atomic E-state index is 0.696. The van der Waals surface area contributed by atoms with Crippen LogP contribution in [0.1, 0.15) is 46.0 Å². The molecule has 0 saturated carbocycles. The summed E-state index contributed by atoms with van der Waals surface area (Å²) in [6.07, 6.45) is 8.54. The fourth-order valence-electron chi connectivity index (χ4n) is 2.36. The molecule has 1 nitrogen and oxygen atoms in total. The first-order chi connectivity index (χ1) is 8.69. The van der Waals surface area contributed by atoms with Gasteiger partial charge < -0.3 is 5.32 Å². The molecule has 18 heavy (non-hydrogen) atoms. The van der Waals surface area contributed by atoms with E-state index in [0.29, 0.717) is 6.04 Å². The largest absolute Gasteiger partial charge is 0.316 e. The molecule has 1 rings (SSSR count). The third-order valence-corrected chi connectivity index (χ3v) is 7.37. The van der Waals surface area contributed by atoms with Gasteiger partial charge in [-0.05, 0) is 26.3 Å². The molecule has 0 spiro atoms. The average molecular weight is 288 g/mol. The van der Waals surface area contributed by atoms with Gasteiger partial charge >= 0.3 is 0 Å². The Labute approximate surface area is 122 Å². The van der Waals surface area contributed by atoms with Gasteiger partial charge in [0, 0.05) is 27.5 Å². The molecule has 0 aromatic heterocycles. The summed E-state index contributed by atoms with van der Waals surface area (Å²) in [5.74, 6) is 1.31. The lowest BCUT2D eigenvalue weighted by atomic mass is 10.0. The maximum absolute atomic E-state index is 3.78. The Morgan fingerprint density at radius 2 is 2.06 bits per heavy atom. The van der Waals surface area contributed by atoms with Gasteiger partial charge in [0.1, 0.15) is 0 Å². The van der Waals surface area contributed by atoms with E-state index in [0.717, 1.165) is 15.7 Å². The lowest BCUT2D eigenvalue weighted by Crippen LogP contribution is -2.41. The molecule has 1 aliphatic rings. The van der Waals surface area contributed by atoms with Crippen LogP contribution in [0.4, 0.5) is 0 Å². The normalized spacial score (nSPS) is 30.1. The molecule has 106 valence electrons. The Balaban J connectivity index is 2.25. The highest BCUT2D eigenvalue weighted by molar-refractivity contribution is 8.07. The number of hydrogen-bond acceptors (Lipinski definition) is 3. The van der Waals surface area contributed by atoms with Gasteiger partial charge in [0.05, 0.1) is 0 Å². The Hall–Kier alpha value is 0.400. The van der Waals surface area contributed by atoms with E-state index in [-0.39, 0.29) is 0 Å². The van der Waals surface area contributed by atoms with Gasteiger partial charge in [-0.25, -0.2) is 0 Å². The molecule has 0 bridgehead atoms. The van der Waals surface area contributed by atoms with E-state index < -0.39 is 0 Å². The first-order valence-corrected chi connectivity index (χ1v) is 9.23. The van der Waals surface area contributed by atoms with E-state index in [1.807, 2.05) is 6.08 Å². The van der Waals surface area contributed by atoms with Crippen molar-refractivity contribution in [2.24, 2.45) is 0 Å². The van der Waals surface area contributed by atoms with Gasteiger partial charge in [-0.2, -0.15) is 23.5 Å². The highest BCUT2D eigenvalue weighted by Gasteiger charge is 2.30. The van der Waals surface area contributed by atoms with E-state index in [1.165, 1.54) is 37.9 Å². The second-order valence-corrected chi connectivity index (χ2v) is 8.27. The minimum Gasteiger partial charge on any atom is -0.316 e. The molecule has 1 fully saturated rings. The summed E-state index contributed by atoms with van der Waals surface area (Å²) in [5, 5.41) is 5.95. The third kappa shape index (κ3) is 5.58. The van der Waals surface area contributed by atoms with Crippen LogP contribution in [0, 0.1) is 0 Å². The quantitative estimate of drug-likeness (QED) is 0.527. The second kappa shape index (κ2) is 9.33. The van der Waals surface area contributed by atoms with Gasteiger partial charge in [-0.3, -0.25) is 0 Å². The summed E-state index contributed by atoms with van der Waals surface area (Å²) < 4.78 is 0. The van der Waals surface area contributed by atoms with Crippen LogP contribution in [0.5, 0.6) is 0 Å². The second-order valence-electron chi connectivity index (χ2n) is 5.24. The fourth-order valence-corrected chi connectivity index (χ4v) is 5.57. The first-order valence-electron chi connectivity index (χ1n) is 7.24. The molecule has 1 aliphatic heterocycles. The van der Waals surface area contributed by atoms with Crippen molar-refractivity contribution in [1.29, 1.82) is 0 Å². The van der Waals surface area contributed by atoms with Gasteiger partial charge in [-0.15, -0.1) is 6.58 Å². The van der Waals surface area contributed by atoms with Crippen LogP contribution >= 0.6 is 23.5 Å². The van der Waals surface area contributed by atoms with Crippen molar-refractivity contribution in [3.63, 3.8) is 0 Å². The Morgan fingerprint density at radius 3 is 2.67 bits per heavy atom. The van der Waals surface area contributed by atoms with Crippen molar-refractivity contribution in [2.75, 3.05) is 12.8 Å². The van der Waals surface area contributed by atoms with Crippen molar-refractivity contribution >= 4 is 23.5 Å². The van der Waals surface area contributed by atoms with Crippen LogP contribution in [-0.2, 0) is 0 Å². The number of allylic oxidation sites excluding steroid dienone is 1. The fraction of sp³-hybridized carbons (Fsp3) is 0.867. The summed E-state index contributed by atoms with van der Waals surface area (Å²) in [5.41, 5.74) is 0. The standard InChI is InChI=1S/C15H29NS2/c1-5-6-7-8-9-10-14(16-4)15-11-17-12(2)13(3)18-15/h5,12-16H,1,6-11H2,2-4H3. The van der Waals surface area contributed by atoms with Crippen LogP contribution in [0.3, 0.4) is 0 Å². The van der Waals surface area contributed by atoms with E-state index in [1.54, 1.807) is 0 Å². The van der Waals surface area contributed by atoms with Crippen LogP contribution in [0.25, 0.3) is 0 Å². The molecule has 0 aliphatic carbocycles. The molecule has 0 aromatic rings. The average Bonchev–Trinajstić information content (AvgIpc) is 2.37. The highest BCUT2D eigenvalue weighted by atomic mass is 32.2. The monoisotopic (exact) mass is 287 g/mol. The summed E-state index contributed by atoms with van der Waals surface area (Å²) in [7, 11) is 2.13. The number of thioether (sulfide) groups is 2. The topological polar surface area (TPSA) is 12.0 Å². The molecule has 3 heteroatoms. The molecule has 1 heterocycles. The van der Waals surface area contributed by atoms with Crippen LogP contribution in [0.2, 0.25) is 0 Å². The smallest absolute Gasteiger partial charge is 0.0294 e. The minimum atomic E-state index is 0.696. The molecule has 4 atom stereocenters. The predicted molar refractivity (Wildman–Crippen MR) is 88.9 cm³/mol. The highest BCUT2D eigenvalue weighted by Crippen LogP contribution is 2.37. The van der Waals surface area contributed by atoms with Crippen molar-refractivity contribution in [1.82, 2.24) is 5.32 Å². The maximum Gasteiger partial charge on any atom is 0.0294 e. The van der Waals surface area contributed by atoms with Gasteiger partial charge in [0.25, 0.3) is 0 Å². The zero-order chi connectivity index (χ0) is 13.4. The molecule has 0 aromatic carbocycles. The lowest BCUT2D eigenvalue weighted by molar-refractivity contribution is 0.486. The van der Waals surface area contributed by atoms with Crippen molar-refractivity contribution in [3.8, 4) is 0 Å². The Morgan fingerprint density at radius 1 is 1.28 bits per heavy atom. The molecular formula is C15H29NS2. The van der Waals surface area contributed by atoms with Crippen molar-refractivity contribution in [2.45, 2.75) is 67.7 Å². The SMILES string of the molecule is C=CCCCCCC(NC)C1CSC(C)C(C)S1. The predicted octanol–water partition coefficient (Wildman–Crippen LogP) is 4.34. The maximum atomic E-state index is 3.78. The molecule has 4 unspecified atom stereocenters. The van der Waals surface area contributed by atoms with E-state index in [9.17, 15) is 0 Å². The number of rotatable bonds is 8. The van der Waals surface area contributed by atoms with Gasteiger partial charge in [-0.1, -0.05) is 32.8 Å². The lowest BCUT2D eigenvalue weighted by Gasteiger charge is -2.36. The summed E-state index contributed by atoms with van der Waals surface area (Å²) >= 11 is 4.35. The van der Waals surface area contributed by atoms with Crippen LogP contribution < -0.4 is 5.32 Å². The Kier molecular flexibility index (Phi) is 8.53. The van der Waals surface area contributed by atoms with Gasteiger partial charge in [0.2, 0.25) is 0 Å². The summed E-state index contributed by atoms with van der Waals surface area (Å²) in [6.45, 7) is 8.52. The van der Waals surface area contributed by atoms with Gasteiger partial charge in [0.15, 0.2) is 0 Å². The molecule has 0 amide bonds. The summed E-state index contributed by atoms with van der Waals surface area (Å²) in [4.78, 5) is 0. The number of nitrogens with one attached hydrogen (secondary N) is 1. The zero-order valence-corrected chi connectivity index (χ0v) is 13.8.